The lowest BCUT2D eigenvalue weighted by atomic mass is 10.2. The first-order valence-corrected chi connectivity index (χ1v) is 7.85. The minimum Gasteiger partial charge on any atom is -0.488 e. The fourth-order valence-corrected chi connectivity index (χ4v) is 2.40. The smallest absolute Gasteiger partial charge is 0.287 e. The predicted octanol–water partition coefficient (Wildman–Crippen LogP) is 5.77. The highest BCUT2D eigenvalue weighted by molar-refractivity contribution is 7.97. The molecule has 0 aliphatic heterocycles. The normalized spacial score (nSPS) is 10.3. The molecule has 1 aromatic heterocycles. The maximum atomic E-state index is 12.0. The van der Waals surface area contributed by atoms with Gasteiger partial charge in [-0.15, -0.1) is 0 Å². The molecule has 0 fully saturated rings. The number of amides is 1. The van der Waals surface area contributed by atoms with Gasteiger partial charge >= 0.3 is 0 Å². The number of carbonyl (C=O) groups is 1. The third kappa shape index (κ3) is 4.33. The second kappa shape index (κ2) is 7.62. The van der Waals surface area contributed by atoms with Gasteiger partial charge in [0.05, 0.1) is 22.7 Å². The van der Waals surface area contributed by atoms with Crippen LogP contribution in [0, 0.1) is 6.92 Å². The molecule has 0 atom stereocenters. The minimum atomic E-state index is -0.424. The average molecular weight is 352 g/mol. The summed E-state index contributed by atoms with van der Waals surface area (Å²) in [5, 5.41) is 0.0541. The Morgan fingerprint density at radius 3 is 2.70 bits per heavy atom. The molecule has 1 amide bonds. The number of nitrogens with zero attached hydrogens (tertiary/aromatic N) is 1. The number of furan rings is 1. The van der Waals surface area contributed by atoms with Gasteiger partial charge in [0.15, 0.2) is 0 Å². The molecule has 6 heteroatoms. The number of rotatable bonds is 5. The van der Waals surface area contributed by atoms with Crippen LogP contribution in [0.3, 0.4) is 0 Å². The standard InChI is InChI=1S/C17H18ClNO3S/c1-11(2)6-8-22-16-10-13(4-5-14(16)18)19(17(20)23)15-7-9-21-12(15)3/h4-7,9-10H,8H2,1-3H3,(H,20,23). The number of hydrogen-bond donors (Lipinski definition) is 1. The molecule has 0 saturated heterocycles. The Kier molecular flexibility index (Phi) is 5.80. The van der Waals surface area contributed by atoms with E-state index >= 15 is 0 Å². The van der Waals surface area contributed by atoms with E-state index in [-0.39, 0.29) is 0 Å². The second-order valence-corrected chi connectivity index (χ2v) is 5.98. The summed E-state index contributed by atoms with van der Waals surface area (Å²) in [4.78, 5) is 13.4. The Balaban J connectivity index is 2.36. The highest BCUT2D eigenvalue weighted by atomic mass is 35.5. The van der Waals surface area contributed by atoms with Crippen LogP contribution in [0.5, 0.6) is 5.75 Å². The zero-order valence-corrected chi connectivity index (χ0v) is 14.8. The summed E-state index contributed by atoms with van der Waals surface area (Å²) in [6, 6.07) is 6.84. The van der Waals surface area contributed by atoms with Crippen molar-refractivity contribution in [3.8, 4) is 5.75 Å². The van der Waals surface area contributed by atoms with Gasteiger partial charge in [-0.2, -0.15) is 0 Å². The van der Waals surface area contributed by atoms with Gasteiger partial charge in [0.1, 0.15) is 18.1 Å². The summed E-state index contributed by atoms with van der Waals surface area (Å²) in [5.41, 5.74) is 2.38. The van der Waals surface area contributed by atoms with Crippen LogP contribution < -0.4 is 9.64 Å². The Morgan fingerprint density at radius 1 is 1.39 bits per heavy atom. The Hall–Kier alpha value is -1.85. The molecule has 1 aromatic carbocycles. The highest BCUT2D eigenvalue weighted by Gasteiger charge is 2.20. The quantitative estimate of drug-likeness (QED) is 0.549. The first kappa shape index (κ1) is 17.5. The van der Waals surface area contributed by atoms with Gasteiger partial charge in [-0.05, 0) is 39.0 Å². The molecule has 23 heavy (non-hydrogen) atoms. The molecular formula is C17H18ClNO3S. The van der Waals surface area contributed by atoms with E-state index in [2.05, 4.69) is 12.6 Å². The van der Waals surface area contributed by atoms with Gasteiger partial charge < -0.3 is 9.15 Å². The molecule has 4 nitrogen and oxygen atoms in total. The van der Waals surface area contributed by atoms with E-state index in [4.69, 9.17) is 20.8 Å². The van der Waals surface area contributed by atoms with Crippen molar-refractivity contribution in [2.75, 3.05) is 11.5 Å². The van der Waals surface area contributed by atoms with E-state index in [9.17, 15) is 4.79 Å². The van der Waals surface area contributed by atoms with Gasteiger partial charge in [0, 0.05) is 12.1 Å². The van der Waals surface area contributed by atoms with E-state index in [1.165, 1.54) is 11.2 Å². The number of ether oxygens (including phenoxy) is 1. The van der Waals surface area contributed by atoms with Crippen molar-refractivity contribution in [1.29, 1.82) is 0 Å². The molecule has 0 aliphatic rings. The molecule has 0 saturated carbocycles. The van der Waals surface area contributed by atoms with Crippen LogP contribution in [0.15, 0.2) is 46.6 Å². The highest BCUT2D eigenvalue weighted by Crippen LogP contribution is 2.35. The Labute approximate surface area is 146 Å². The molecule has 2 rings (SSSR count). The summed E-state index contributed by atoms with van der Waals surface area (Å²) in [6.07, 6.45) is 3.47. The van der Waals surface area contributed by atoms with Gasteiger partial charge in [-0.1, -0.05) is 29.8 Å². The van der Waals surface area contributed by atoms with E-state index in [1.54, 1.807) is 31.2 Å². The van der Waals surface area contributed by atoms with Crippen LogP contribution in [0.1, 0.15) is 19.6 Å². The van der Waals surface area contributed by atoms with Crippen LogP contribution in [-0.2, 0) is 0 Å². The SMILES string of the molecule is CC(C)=CCOc1cc(N(C(=O)S)c2ccoc2C)ccc1Cl. The van der Waals surface area contributed by atoms with Crippen LogP contribution >= 0.6 is 24.2 Å². The number of aryl methyl sites for hydroxylation is 1. The van der Waals surface area contributed by atoms with Crippen molar-refractivity contribution in [2.45, 2.75) is 20.8 Å². The lowest BCUT2D eigenvalue weighted by Gasteiger charge is -2.20. The maximum absolute atomic E-state index is 12.0. The average Bonchev–Trinajstić information content (AvgIpc) is 2.88. The molecule has 0 spiro atoms. The first-order valence-electron chi connectivity index (χ1n) is 7.03. The van der Waals surface area contributed by atoms with Crippen LogP contribution in [-0.4, -0.2) is 11.8 Å². The fraction of sp³-hybridized carbons (Fsp3) is 0.235. The lowest BCUT2D eigenvalue weighted by molar-refractivity contribution is 0.267. The zero-order chi connectivity index (χ0) is 17.0. The van der Waals surface area contributed by atoms with Crippen molar-refractivity contribution in [1.82, 2.24) is 0 Å². The maximum Gasteiger partial charge on any atom is 0.287 e. The van der Waals surface area contributed by atoms with E-state index in [0.717, 1.165) is 5.57 Å². The molecule has 122 valence electrons. The lowest BCUT2D eigenvalue weighted by Crippen LogP contribution is -2.19. The van der Waals surface area contributed by atoms with Crippen molar-refractivity contribution >= 4 is 40.8 Å². The number of thiol groups is 1. The zero-order valence-electron chi connectivity index (χ0n) is 13.2. The van der Waals surface area contributed by atoms with Gasteiger partial charge in [-0.3, -0.25) is 9.69 Å². The summed E-state index contributed by atoms with van der Waals surface area (Å²) < 4.78 is 10.9. The Bertz CT molecular complexity index is 735. The van der Waals surface area contributed by atoms with E-state index in [1.807, 2.05) is 19.9 Å². The summed E-state index contributed by atoms with van der Waals surface area (Å²) in [7, 11) is 0. The third-order valence-corrected chi connectivity index (χ3v) is 3.68. The number of allylic oxidation sites excluding steroid dienone is 1. The summed E-state index contributed by atoms with van der Waals surface area (Å²) in [5.74, 6) is 1.12. The summed E-state index contributed by atoms with van der Waals surface area (Å²) in [6.45, 7) is 6.17. The van der Waals surface area contributed by atoms with Gasteiger partial charge in [0.2, 0.25) is 0 Å². The molecule has 0 unspecified atom stereocenters. The number of hydrogen-bond acceptors (Lipinski definition) is 3. The van der Waals surface area contributed by atoms with Crippen LogP contribution in [0.25, 0.3) is 0 Å². The number of halogens is 1. The second-order valence-electron chi connectivity index (χ2n) is 5.19. The molecule has 0 bridgehead atoms. The Morgan fingerprint density at radius 2 is 2.13 bits per heavy atom. The largest absolute Gasteiger partial charge is 0.488 e. The minimum absolute atomic E-state index is 0.408. The molecule has 2 aromatic rings. The van der Waals surface area contributed by atoms with Gasteiger partial charge in [0.25, 0.3) is 5.24 Å². The number of carbonyl (C=O) groups excluding carboxylic acids is 1. The number of anilines is 2. The van der Waals surface area contributed by atoms with Crippen molar-refractivity contribution < 1.29 is 13.9 Å². The summed E-state index contributed by atoms with van der Waals surface area (Å²) >= 11 is 10.1. The van der Waals surface area contributed by atoms with Crippen LogP contribution in [0.4, 0.5) is 16.2 Å². The predicted molar refractivity (Wildman–Crippen MR) is 96.3 cm³/mol. The first-order chi connectivity index (χ1) is 10.9. The molecule has 0 aliphatic carbocycles. The van der Waals surface area contributed by atoms with E-state index < -0.39 is 5.24 Å². The molecule has 1 heterocycles. The van der Waals surface area contributed by atoms with Crippen LogP contribution in [0.2, 0.25) is 5.02 Å². The van der Waals surface area contributed by atoms with Gasteiger partial charge in [-0.25, -0.2) is 0 Å². The third-order valence-electron chi connectivity index (χ3n) is 3.17. The fourth-order valence-electron chi connectivity index (χ4n) is 2.00. The van der Waals surface area contributed by atoms with E-state index in [0.29, 0.717) is 34.5 Å². The topological polar surface area (TPSA) is 42.7 Å². The van der Waals surface area contributed by atoms with Crippen molar-refractivity contribution in [3.05, 3.63) is 53.0 Å². The monoisotopic (exact) mass is 351 g/mol. The number of benzene rings is 1. The van der Waals surface area contributed by atoms with Crippen molar-refractivity contribution in [3.63, 3.8) is 0 Å². The van der Waals surface area contributed by atoms with Crippen molar-refractivity contribution in [2.24, 2.45) is 0 Å². The molecule has 0 radical (unpaired) electrons. The molecular weight excluding hydrogens is 334 g/mol. The molecule has 0 N–H and O–H groups in total.